The summed E-state index contributed by atoms with van der Waals surface area (Å²) < 4.78 is 1.91. The van der Waals surface area contributed by atoms with E-state index in [0.29, 0.717) is 13.0 Å². The highest BCUT2D eigenvalue weighted by Crippen LogP contribution is 2.09. The van der Waals surface area contributed by atoms with E-state index in [4.69, 9.17) is 5.11 Å². The lowest BCUT2D eigenvalue weighted by molar-refractivity contribution is 0.0691. The summed E-state index contributed by atoms with van der Waals surface area (Å²) in [6, 6.07) is 11.9. The lowest BCUT2D eigenvalue weighted by Gasteiger charge is -2.06. The Morgan fingerprint density at radius 3 is 2.57 bits per heavy atom. The second-order valence-electron chi connectivity index (χ2n) is 5.05. The molecule has 0 aliphatic carbocycles. The molecule has 1 aromatic carbocycles. The Bertz CT molecular complexity index is 837. The molecule has 2 N–H and O–H groups in total. The van der Waals surface area contributed by atoms with Crippen molar-refractivity contribution in [1.29, 1.82) is 0 Å². The van der Waals surface area contributed by atoms with Gasteiger partial charge in [0.2, 0.25) is 0 Å². The van der Waals surface area contributed by atoms with Crippen LogP contribution in [0.4, 0.5) is 0 Å². The van der Waals surface area contributed by atoms with Crippen molar-refractivity contribution in [3.63, 3.8) is 0 Å². The van der Waals surface area contributed by atoms with Crippen molar-refractivity contribution in [2.45, 2.75) is 6.42 Å². The van der Waals surface area contributed by atoms with E-state index in [2.05, 4.69) is 10.3 Å². The minimum atomic E-state index is -1.11. The maximum atomic E-state index is 12.1. The molecule has 0 saturated carbocycles. The fourth-order valence-corrected chi connectivity index (χ4v) is 2.37. The molecule has 0 fully saturated rings. The molecular formula is C17H15N3O3. The van der Waals surface area contributed by atoms with Gasteiger partial charge in [-0.15, -0.1) is 0 Å². The summed E-state index contributed by atoms with van der Waals surface area (Å²) in [5.41, 5.74) is 1.88. The monoisotopic (exact) mass is 309 g/mol. The van der Waals surface area contributed by atoms with Gasteiger partial charge in [-0.1, -0.05) is 18.2 Å². The number of carbonyl (C=O) groups is 2. The van der Waals surface area contributed by atoms with Crippen LogP contribution in [0.2, 0.25) is 0 Å². The molecule has 116 valence electrons. The highest BCUT2D eigenvalue weighted by atomic mass is 16.4. The number of imidazole rings is 1. The highest BCUT2D eigenvalue weighted by Gasteiger charge is 2.15. The van der Waals surface area contributed by atoms with E-state index in [0.717, 1.165) is 11.3 Å². The Balaban J connectivity index is 1.64. The molecule has 0 atom stereocenters. The number of aromatic nitrogens is 2. The molecule has 2 aromatic heterocycles. The van der Waals surface area contributed by atoms with Crippen LogP contribution in [0.25, 0.3) is 5.65 Å². The molecular weight excluding hydrogens is 294 g/mol. The summed E-state index contributed by atoms with van der Waals surface area (Å²) in [4.78, 5) is 27.7. The smallest absolute Gasteiger partial charge is 0.336 e. The lowest BCUT2D eigenvalue weighted by Crippen LogP contribution is -2.27. The number of hydrogen-bond acceptors (Lipinski definition) is 3. The van der Waals surface area contributed by atoms with Gasteiger partial charge in [0, 0.05) is 25.4 Å². The second kappa shape index (κ2) is 6.31. The number of hydrogen-bond donors (Lipinski definition) is 2. The van der Waals surface area contributed by atoms with E-state index >= 15 is 0 Å². The van der Waals surface area contributed by atoms with Crippen molar-refractivity contribution in [2.75, 3.05) is 6.54 Å². The zero-order chi connectivity index (χ0) is 16.2. The van der Waals surface area contributed by atoms with Gasteiger partial charge in [-0.2, -0.15) is 0 Å². The van der Waals surface area contributed by atoms with E-state index < -0.39 is 11.9 Å². The number of aromatic carboxylic acids is 1. The summed E-state index contributed by atoms with van der Waals surface area (Å²) in [7, 11) is 0. The third-order valence-electron chi connectivity index (χ3n) is 3.48. The molecule has 6 nitrogen and oxygen atoms in total. The molecule has 0 aliphatic heterocycles. The SMILES string of the molecule is O=C(O)c1ccccc1C(=O)NCCc1cn2ccccc2n1. The summed E-state index contributed by atoms with van der Waals surface area (Å²) in [5, 5.41) is 11.8. The van der Waals surface area contributed by atoms with Gasteiger partial charge in [0.25, 0.3) is 5.91 Å². The quantitative estimate of drug-likeness (QED) is 0.755. The Hall–Kier alpha value is -3.15. The van der Waals surface area contributed by atoms with Crippen LogP contribution >= 0.6 is 0 Å². The van der Waals surface area contributed by atoms with Crippen molar-refractivity contribution in [3.8, 4) is 0 Å². The number of pyridine rings is 1. The molecule has 1 amide bonds. The van der Waals surface area contributed by atoms with Crippen molar-refractivity contribution < 1.29 is 14.7 Å². The van der Waals surface area contributed by atoms with Gasteiger partial charge in [-0.25, -0.2) is 9.78 Å². The standard InChI is InChI=1S/C17H15N3O3/c21-16(13-5-1-2-6-14(13)17(22)23)18-9-8-12-11-20-10-4-3-7-15(20)19-12/h1-7,10-11H,8-9H2,(H,18,21)(H,22,23). The van der Waals surface area contributed by atoms with Crippen molar-refractivity contribution in [1.82, 2.24) is 14.7 Å². The average molecular weight is 309 g/mol. The minimum Gasteiger partial charge on any atom is -0.478 e. The molecule has 0 radical (unpaired) electrons. The van der Waals surface area contributed by atoms with Crippen LogP contribution in [-0.2, 0) is 6.42 Å². The fourth-order valence-electron chi connectivity index (χ4n) is 2.37. The highest BCUT2D eigenvalue weighted by molar-refractivity contribution is 6.04. The summed E-state index contributed by atoms with van der Waals surface area (Å²) >= 11 is 0. The van der Waals surface area contributed by atoms with Gasteiger partial charge in [-0.3, -0.25) is 4.79 Å². The molecule has 3 rings (SSSR count). The first-order chi connectivity index (χ1) is 11.1. The third kappa shape index (κ3) is 3.21. The van der Waals surface area contributed by atoms with E-state index in [1.54, 1.807) is 12.1 Å². The lowest BCUT2D eigenvalue weighted by atomic mass is 10.1. The molecule has 3 aromatic rings. The number of carbonyl (C=O) groups excluding carboxylic acids is 1. The Kier molecular flexibility index (Phi) is 4.05. The van der Waals surface area contributed by atoms with Crippen LogP contribution in [0, 0.1) is 0 Å². The molecule has 0 unspecified atom stereocenters. The van der Waals surface area contributed by atoms with Gasteiger partial charge in [-0.05, 0) is 24.3 Å². The maximum absolute atomic E-state index is 12.1. The molecule has 0 aliphatic rings. The number of nitrogens with one attached hydrogen (secondary N) is 1. The number of benzene rings is 1. The number of fused-ring (bicyclic) bond motifs is 1. The maximum Gasteiger partial charge on any atom is 0.336 e. The van der Waals surface area contributed by atoms with E-state index in [9.17, 15) is 9.59 Å². The second-order valence-corrected chi connectivity index (χ2v) is 5.05. The van der Waals surface area contributed by atoms with Gasteiger partial charge >= 0.3 is 5.97 Å². The number of rotatable bonds is 5. The first kappa shape index (κ1) is 14.8. The summed E-state index contributed by atoms with van der Waals surface area (Å²) in [6.45, 7) is 0.386. The van der Waals surface area contributed by atoms with E-state index in [1.165, 1.54) is 12.1 Å². The number of nitrogens with zero attached hydrogens (tertiary/aromatic N) is 2. The van der Waals surface area contributed by atoms with Gasteiger partial charge < -0.3 is 14.8 Å². The normalized spacial score (nSPS) is 10.6. The van der Waals surface area contributed by atoms with Gasteiger partial charge in [0.15, 0.2) is 0 Å². The minimum absolute atomic E-state index is 0.00210. The van der Waals surface area contributed by atoms with Crippen molar-refractivity contribution >= 4 is 17.5 Å². The Morgan fingerprint density at radius 2 is 1.83 bits per heavy atom. The fraction of sp³-hybridized carbons (Fsp3) is 0.118. The summed E-state index contributed by atoms with van der Waals surface area (Å²) in [5.74, 6) is -1.51. The van der Waals surface area contributed by atoms with Crippen LogP contribution in [-0.4, -0.2) is 32.9 Å². The largest absolute Gasteiger partial charge is 0.478 e. The van der Waals surface area contributed by atoms with Crippen LogP contribution < -0.4 is 5.32 Å². The van der Waals surface area contributed by atoms with Crippen LogP contribution in [0.15, 0.2) is 54.9 Å². The molecule has 2 heterocycles. The Morgan fingerprint density at radius 1 is 1.09 bits per heavy atom. The predicted octanol–water partition coefficient (Wildman–Crippen LogP) is 2.00. The zero-order valence-electron chi connectivity index (χ0n) is 12.3. The number of carboxylic acids is 1. The molecule has 23 heavy (non-hydrogen) atoms. The molecule has 0 bridgehead atoms. The van der Waals surface area contributed by atoms with E-state index in [1.807, 2.05) is 35.0 Å². The first-order valence-electron chi connectivity index (χ1n) is 7.18. The molecule has 0 saturated heterocycles. The topological polar surface area (TPSA) is 83.7 Å². The summed E-state index contributed by atoms with van der Waals surface area (Å²) in [6.07, 6.45) is 4.39. The zero-order valence-corrected chi connectivity index (χ0v) is 12.3. The van der Waals surface area contributed by atoms with Gasteiger partial charge in [0.05, 0.1) is 16.8 Å². The van der Waals surface area contributed by atoms with Gasteiger partial charge in [0.1, 0.15) is 5.65 Å². The number of amides is 1. The van der Waals surface area contributed by atoms with Crippen molar-refractivity contribution in [2.24, 2.45) is 0 Å². The van der Waals surface area contributed by atoms with Crippen LogP contribution in [0.1, 0.15) is 26.4 Å². The molecule has 0 spiro atoms. The third-order valence-corrected chi connectivity index (χ3v) is 3.48. The Labute approximate surface area is 132 Å². The molecule has 6 heteroatoms. The predicted molar refractivity (Wildman–Crippen MR) is 84.6 cm³/mol. The first-order valence-corrected chi connectivity index (χ1v) is 7.18. The van der Waals surface area contributed by atoms with Crippen molar-refractivity contribution in [3.05, 3.63) is 71.7 Å². The van der Waals surface area contributed by atoms with Crippen LogP contribution in [0.5, 0.6) is 0 Å². The van der Waals surface area contributed by atoms with E-state index in [-0.39, 0.29) is 11.1 Å². The van der Waals surface area contributed by atoms with Crippen LogP contribution in [0.3, 0.4) is 0 Å². The average Bonchev–Trinajstić information content (AvgIpc) is 2.97. The number of carboxylic acid groups (broad SMARTS) is 1.